The molecule has 0 saturated carbocycles. The van der Waals surface area contributed by atoms with Crippen LogP contribution in [-0.2, 0) is 0 Å². The number of hydrogen-bond donors (Lipinski definition) is 1. The van der Waals surface area contributed by atoms with Gasteiger partial charge in [-0.15, -0.1) is 0 Å². The number of nitrogens with zero attached hydrogens (tertiary/aromatic N) is 2. The lowest BCUT2D eigenvalue weighted by molar-refractivity contribution is 0.108. The van der Waals surface area contributed by atoms with Crippen LogP contribution in [0.1, 0.15) is 35.7 Å². The molecule has 2 aromatic rings. The molecule has 1 aliphatic rings. The van der Waals surface area contributed by atoms with Gasteiger partial charge < -0.3 is 15.1 Å². The van der Waals surface area contributed by atoms with Crippen LogP contribution in [-0.4, -0.2) is 52.4 Å². The van der Waals surface area contributed by atoms with E-state index in [1.807, 2.05) is 30.3 Å². The average molecular weight is 412 g/mol. The predicted molar refractivity (Wildman–Crippen MR) is 116 cm³/mol. The van der Waals surface area contributed by atoms with Crippen molar-refractivity contribution < 1.29 is 14.4 Å². The van der Waals surface area contributed by atoms with Crippen LogP contribution >= 0.6 is 11.8 Å². The third-order valence-electron chi connectivity index (χ3n) is 4.84. The summed E-state index contributed by atoms with van der Waals surface area (Å²) >= 11 is 0.704. The van der Waals surface area contributed by atoms with E-state index in [1.165, 1.54) is 5.56 Å². The summed E-state index contributed by atoms with van der Waals surface area (Å²) in [4.78, 5) is 40.3. The third-order valence-corrected chi connectivity index (χ3v) is 5.70. The van der Waals surface area contributed by atoms with Gasteiger partial charge in [-0.2, -0.15) is 0 Å². The number of carbonyl (C=O) groups is 3. The summed E-state index contributed by atoms with van der Waals surface area (Å²) in [5.41, 5.74) is 2.48. The summed E-state index contributed by atoms with van der Waals surface area (Å²) in [6.45, 7) is 5.94. The molecule has 1 aliphatic heterocycles. The van der Waals surface area contributed by atoms with Gasteiger partial charge in [0.15, 0.2) is 0 Å². The molecule has 3 amide bonds. The Balaban J connectivity index is 1.47. The second-order valence-corrected chi connectivity index (χ2v) is 8.13. The summed E-state index contributed by atoms with van der Waals surface area (Å²) in [6, 6.07) is 16.4. The first-order chi connectivity index (χ1) is 13.9. The number of nitrogens with one attached hydrogen (secondary N) is 1. The molecule has 0 aromatic heterocycles. The molecule has 0 atom stereocenters. The fraction of sp³-hybridized carbons (Fsp3) is 0.318. The van der Waals surface area contributed by atoms with Gasteiger partial charge in [-0.05, 0) is 23.6 Å². The Kier molecular flexibility index (Phi) is 6.93. The van der Waals surface area contributed by atoms with E-state index in [9.17, 15) is 14.4 Å². The van der Waals surface area contributed by atoms with Crippen molar-refractivity contribution in [2.45, 2.75) is 19.8 Å². The number of anilines is 1. The van der Waals surface area contributed by atoms with E-state index in [1.54, 1.807) is 34.1 Å². The number of hydrogen-bond acceptors (Lipinski definition) is 4. The minimum atomic E-state index is -0.275. The zero-order valence-electron chi connectivity index (χ0n) is 16.6. The Morgan fingerprint density at radius 1 is 0.862 bits per heavy atom. The number of carbonyl (C=O) groups excluding carboxylic acids is 3. The topological polar surface area (TPSA) is 69.7 Å². The molecule has 7 heteroatoms. The number of benzene rings is 2. The zero-order chi connectivity index (χ0) is 20.8. The quantitative estimate of drug-likeness (QED) is 0.798. The fourth-order valence-corrected chi connectivity index (χ4v) is 3.75. The molecular formula is C22H25N3O3S. The molecule has 2 aromatic carbocycles. The maximum absolute atomic E-state index is 12.5. The van der Waals surface area contributed by atoms with Crippen LogP contribution in [0, 0.1) is 0 Å². The van der Waals surface area contributed by atoms with Gasteiger partial charge in [0.2, 0.25) is 5.12 Å². The van der Waals surface area contributed by atoms with Crippen LogP contribution in [0.25, 0.3) is 0 Å². The first kappa shape index (κ1) is 20.9. The Hall–Kier alpha value is -2.80. The Bertz CT molecular complexity index is 861. The lowest BCUT2D eigenvalue weighted by Gasteiger charge is -2.34. The summed E-state index contributed by atoms with van der Waals surface area (Å²) in [6.07, 6.45) is 0. The van der Waals surface area contributed by atoms with Gasteiger partial charge in [-0.1, -0.05) is 56.3 Å². The second-order valence-electron chi connectivity index (χ2n) is 7.20. The molecule has 29 heavy (non-hydrogen) atoms. The van der Waals surface area contributed by atoms with Crippen LogP contribution < -0.4 is 5.32 Å². The van der Waals surface area contributed by atoms with E-state index < -0.39 is 0 Å². The fourth-order valence-electron chi connectivity index (χ4n) is 3.02. The van der Waals surface area contributed by atoms with Crippen LogP contribution in [0.3, 0.4) is 0 Å². The van der Waals surface area contributed by atoms with E-state index in [4.69, 9.17) is 0 Å². The molecule has 1 N–H and O–H groups in total. The smallest absolute Gasteiger partial charge is 0.321 e. The van der Waals surface area contributed by atoms with Crippen molar-refractivity contribution in [3.63, 3.8) is 0 Å². The van der Waals surface area contributed by atoms with Crippen molar-refractivity contribution in [2.75, 3.05) is 31.5 Å². The van der Waals surface area contributed by atoms with E-state index in [-0.39, 0.29) is 16.4 Å². The Labute approximate surface area is 175 Å². The highest BCUT2D eigenvalue weighted by molar-refractivity contribution is 8.26. The van der Waals surface area contributed by atoms with Crippen molar-refractivity contribution in [3.05, 3.63) is 65.7 Å². The maximum Gasteiger partial charge on any atom is 0.321 e. The van der Waals surface area contributed by atoms with Crippen molar-refractivity contribution >= 4 is 33.8 Å². The van der Waals surface area contributed by atoms with Crippen LogP contribution in [0.4, 0.5) is 15.3 Å². The monoisotopic (exact) mass is 411 g/mol. The van der Waals surface area contributed by atoms with Gasteiger partial charge in [0.05, 0.1) is 0 Å². The highest BCUT2D eigenvalue weighted by Crippen LogP contribution is 2.19. The van der Waals surface area contributed by atoms with Gasteiger partial charge in [0.25, 0.3) is 5.24 Å². The number of thioether (sulfide) groups is 1. The number of piperazine rings is 1. The summed E-state index contributed by atoms with van der Waals surface area (Å²) < 4.78 is 0. The molecule has 0 spiro atoms. The molecule has 6 nitrogen and oxygen atoms in total. The molecule has 1 saturated heterocycles. The molecule has 0 radical (unpaired) electrons. The molecule has 1 fully saturated rings. The number of amides is 3. The Morgan fingerprint density at radius 2 is 1.45 bits per heavy atom. The average Bonchev–Trinajstić information content (AvgIpc) is 2.74. The van der Waals surface area contributed by atoms with Gasteiger partial charge in [0.1, 0.15) is 0 Å². The van der Waals surface area contributed by atoms with Gasteiger partial charge >= 0.3 is 6.03 Å². The normalized spacial score (nSPS) is 14.0. The highest BCUT2D eigenvalue weighted by Gasteiger charge is 2.26. The largest absolute Gasteiger partial charge is 0.330 e. The lowest BCUT2D eigenvalue weighted by Crippen LogP contribution is -2.51. The first-order valence-electron chi connectivity index (χ1n) is 9.66. The summed E-state index contributed by atoms with van der Waals surface area (Å²) in [5, 5.41) is 2.36. The predicted octanol–water partition coefficient (Wildman–Crippen LogP) is 4.65. The molecule has 0 bridgehead atoms. The Morgan fingerprint density at radius 3 is 2.03 bits per heavy atom. The highest BCUT2D eigenvalue weighted by atomic mass is 32.2. The van der Waals surface area contributed by atoms with Crippen molar-refractivity contribution in [1.29, 1.82) is 0 Å². The zero-order valence-corrected chi connectivity index (χ0v) is 17.4. The second kappa shape index (κ2) is 9.60. The van der Waals surface area contributed by atoms with E-state index >= 15 is 0 Å². The maximum atomic E-state index is 12.5. The van der Waals surface area contributed by atoms with Gasteiger partial charge in [-0.3, -0.25) is 9.59 Å². The summed E-state index contributed by atoms with van der Waals surface area (Å²) in [7, 11) is 0. The molecule has 1 heterocycles. The van der Waals surface area contributed by atoms with Crippen LogP contribution in [0.5, 0.6) is 0 Å². The molecule has 0 aliphatic carbocycles. The minimum Gasteiger partial charge on any atom is -0.330 e. The number of urea groups is 1. The van der Waals surface area contributed by atoms with Crippen molar-refractivity contribution in [1.82, 2.24) is 9.80 Å². The van der Waals surface area contributed by atoms with Crippen molar-refractivity contribution in [2.24, 2.45) is 0 Å². The van der Waals surface area contributed by atoms with Crippen molar-refractivity contribution in [3.8, 4) is 0 Å². The lowest BCUT2D eigenvalue weighted by atomic mass is 10.0. The van der Waals surface area contributed by atoms with Gasteiger partial charge in [-0.25, -0.2) is 4.79 Å². The molecule has 152 valence electrons. The SMILES string of the molecule is CC(C)c1ccc(NC(=O)N2CCN(C(=O)SC(=O)c3ccccc3)CC2)cc1. The van der Waals surface area contributed by atoms with E-state index in [2.05, 4.69) is 19.2 Å². The summed E-state index contributed by atoms with van der Waals surface area (Å²) in [5.74, 6) is 0.442. The molecule has 3 rings (SSSR count). The molecule has 0 unspecified atom stereocenters. The van der Waals surface area contributed by atoms with Crippen LogP contribution in [0.15, 0.2) is 54.6 Å². The van der Waals surface area contributed by atoms with Crippen LogP contribution in [0.2, 0.25) is 0 Å². The van der Waals surface area contributed by atoms with E-state index in [0.29, 0.717) is 49.4 Å². The standard InChI is InChI=1S/C22H25N3O3S/c1-16(2)17-8-10-19(11-9-17)23-21(27)24-12-14-25(15-13-24)22(28)29-20(26)18-6-4-3-5-7-18/h3-11,16H,12-15H2,1-2H3,(H,23,27). The molecular weight excluding hydrogens is 386 g/mol. The minimum absolute atomic E-state index is 0.178. The van der Waals surface area contributed by atoms with Gasteiger partial charge in [0, 0.05) is 49.2 Å². The number of rotatable bonds is 3. The van der Waals surface area contributed by atoms with E-state index in [0.717, 1.165) is 5.69 Å². The third kappa shape index (κ3) is 5.60. The first-order valence-corrected chi connectivity index (χ1v) is 10.5.